The van der Waals surface area contributed by atoms with Gasteiger partial charge >= 0.3 is 11.9 Å². The quantitative estimate of drug-likeness (QED) is 0.365. The van der Waals surface area contributed by atoms with Gasteiger partial charge in [-0.15, -0.1) is 0 Å². The van der Waals surface area contributed by atoms with Crippen LogP contribution in [-0.4, -0.2) is 36.4 Å². The molecule has 0 spiro atoms. The molecule has 0 aromatic carbocycles. The van der Waals surface area contributed by atoms with E-state index in [1.807, 2.05) is 0 Å². The summed E-state index contributed by atoms with van der Waals surface area (Å²) in [5.41, 5.74) is 0. The first kappa shape index (κ1) is 21.9. The fourth-order valence-electron chi connectivity index (χ4n) is 2.20. The predicted molar refractivity (Wildman–Crippen MR) is 90.1 cm³/mol. The Bertz CT molecular complexity index is 304. The second-order valence-corrected chi connectivity index (χ2v) is 5.95. The number of hydrogen-bond donors (Lipinski definition) is 1. The molecule has 0 aromatic rings. The summed E-state index contributed by atoms with van der Waals surface area (Å²) in [6.45, 7) is 3.86. The summed E-state index contributed by atoms with van der Waals surface area (Å²) in [4.78, 5) is 23.2. The minimum atomic E-state index is -0.752. The molecule has 0 saturated carbocycles. The van der Waals surface area contributed by atoms with Gasteiger partial charge in [0.25, 0.3) is 0 Å². The third-order valence-electron chi connectivity index (χ3n) is 3.65. The first-order valence-electron chi connectivity index (χ1n) is 9.09. The van der Waals surface area contributed by atoms with Gasteiger partial charge in [-0.25, -0.2) is 0 Å². The number of aliphatic hydroxyl groups excluding tert-OH is 1. The highest BCUT2D eigenvalue weighted by atomic mass is 16.6. The second-order valence-electron chi connectivity index (χ2n) is 5.95. The normalized spacial score (nSPS) is 12.0. The van der Waals surface area contributed by atoms with E-state index in [1.165, 1.54) is 12.8 Å². The molecule has 0 aliphatic heterocycles. The molecule has 0 aliphatic rings. The number of rotatable bonds is 15. The molecule has 0 heterocycles. The number of esters is 2. The summed E-state index contributed by atoms with van der Waals surface area (Å²) in [5, 5.41) is 9.21. The summed E-state index contributed by atoms with van der Waals surface area (Å²) in [7, 11) is 0. The van der Waals surface area contributed by atoms with E-state index in [-0.39, 0.29) is 25.2 Å². The van der Waals surface area contributed by atoms with Crippen LogP contribution < -0.4 is 0 Å². The number of unbranched alkanes of at least 4 members (excludes halogenated alkanes) is 7. The van der Waals surface area contributed by atoms with Gasteiger partial charge in [0.15, 0.2) is 6.10 Å². The topological polar surface area (TPSA) is 72.8 Å². The number of aliphatic hydroxyl groups is 1. The smallest absolute Gasteiger partial charge is 0.306 e. The van der Waals surface area contributed by atoms with Crippen molar-refractivity contribution in [2.75, 3.05) is 13.2 Å². The van der Waals surface area contributed by atoms with Crippen LogP contribution in [0.1, 0.15) is 84.5 Å². The Kier molecular flexibility index (Phi) is 15.0. The maximum atomic E-state index is 11.7. The fraction of sp³-hybridized carbons (Fsp3) is 0.889. The van der Waals surface area contributed by atoms with Crippen molar-refractivity contribution >= 4 is 11.9 Å². The summed E-state index contributed by atoms with van der Waals surface area (Å²) in [6.07, 6.45) is 9.33. The Morgan fingerprint density at radius 2 is 1.35 bits per heavy atom. The molecule has 0 rings (SSSR count). The Balaban J connectivity index is 3.75. The average molecular weight is 330 g/mol. The lowest BCUT2D eigenvalue weighted by Crippen LogP contribution is -2.28. The summed E-state index contributed by atoms with van der Waals surface area (Å²) >= 11 is 0. The van der Waals surface area contributed by atoms with Gasteiger partial charge < -0.3 is 14.6 Å². The zero-order chi connectivity index (χ0) is 17.3. The molecule has 0 amide bonds. The molecule has 0 radical (unpaired) electrons. The first-order chi connectivity index (χ1) is 11.1. The second kappa shape index (κ2) is 15.8. The molecular formula is C18H34O5. The van der Waals surface area contributed by atoms with Crippen molar-refractivity contribution in [1.82, 2.24) is 0 Å². The molecule has 0 aliphatic carbocycles. The summed E-state index contributed by atoms with van der Waals surface area (Å²) in [6, 6.07) is 0. The highest BCUT2D eigenvalue weighted by molar-refractivity contribution is 5.70. The Labute approximate surface area is 140 Å². The molecule has 1 unspecified atom stereocenters. The van der Waals surface area contributed by atoms with Crippen LogP contribution in [0.2, 0.25) is 0 Å². The maximum Gasteiger partial charge on any atom is 0.306 e. The molecule has 136 valence electrons. The Morgan fingerprint density at radius 1 is 0.826 bits per heavy atom. The van der Waals surface area contributed by atoms with E-state index in [2.05, 4.69) is 13.8 Å². The molecule has 0 saturated heterocycles. The van der Waals surface area contributed by atoms with E-state index in [0.717, 1.165) is 44.9 Å². The van der Waals surface area contributed by atoms with Crippen molar-refractivity contribution < 1.29 is 24.2 Å². The molecule has 1 N–H and O–H groups in total. The highest BCUT2D eigenvalue weighted by Crippen LogP contribution is 2.08. The lowest BCUT2D eigenvalue weighted by molar-refractivity contribution is -0.161. The minimum Gasteiger partial charge on any atom is -0.462 e. The van der Waals surface area contributed by atoms with Crippen molar-refractivity contribution in [3.8, 4) is 0 Å². The van der Waals surface area contributed by atoms with Crippen LogP contribution in [-0.2, 0) is 19.1 Å². The number of hydrogen-bond acceptors (Lipinski definition) is 5. The minimum absolute atomic E-state index is 0.0648. The molecule has 0 bridgehead atoms. The Hall–Kier alpha value is -1.10. The fourth-order valence-corrected chi connectivity index (χ4v) is 2.20. The van der Waals surface area contributed by atoms with Gasteiger partial charge in [0, 0.05) is 12.8 Å². The Morgan fingerprint density at radius 3 is 1.91 bits per heavy atom. The number of carbonyl (C=O) groups excluding carboxylic acids is 2. The van der Waals surface area contributed by atoms with Crippen LogP contribution in [0.15, 0.2) is 0 Å². The number of ether oxygens (including phenoxy) is 2. The highest BCUT2D eigenvalue weighted by Gasteiger charge is 2.15. The standard InChI is InChI=1S/C18H34O5/c1-3-5-7-9-11-13-18(21)23-16(14-19)15-22-17(20)12-10-8-6-4-2/h16,19H,3-15H2,1-2H3. The monoisotopic (exact) mass is 330 g/mol. The molecule has 0 fully saturated rings. The van der Waals surface area contributed by atoms with Crippen LogP contribution in [0, 0.1) is 0 Å². The predicted octanol–water partition coefficient (Wildman–Crippen LogP) is 3.76. The van der Waals surface area contributed by atoms with Crippen LogP contribution in [0.25, 0.3) is 0 Å². The van der Waals surface area contributed by atoms with Gasteiger partial charge in [0.05, 0.1) is 6.61 Å². The summed E-state index contributed by atoms with van der Waals surface area (Å²) < 4.78 is 10.2. The first-order valence-corrected chi connectivity index (χ1v) is 9.09. The SMILES string of the molecule is CCCCCCCC(=O)OC(CO)COC(=O)CCCCCC. The van der Waals surface area contributed by atoms with Crippen molar-refractivity contribution in [2.24, 2.45) is 0 Å². The maximum absolute atomic E-state index is 11.7. The zero-order valence-corrected chi connectivity index (χ0v) is 14.8. The third-order valence-corrected chi connectivity index (χ3v) is 3.65. The van der Waals surface area contributed by atoms with Gasteiger partial charge in [0.2, 0.25) is 0 Å². The van der Waals surface area contributed by atoms with Crippen LogP contribution >= 0.6 is 0 Å². The zero-order valence-electron chi connectivity index (χ0n) is 14.8. The molecular weight excluding hydrogens is 296 g/mol. The van der Waals surface area contributed by atoms with E-state index >= 15 is 0 Å². The molecule has 0 aromatic heterocycles. The van der Waals surface area contributed by atoms with E-state index in [0.29, 0.717) is 12.8 Å². The van der Waals surface area contributed by atoms with Crippen molar-refractivity contribution in [2.45, 2.75) is 90.6 Å². The van der Waals surface area contributed by atoms with Crippen molar-refractivity contribution in [3.05, 3.63) is 0 Å². The largest absolute Gasteiger partial charge is 0.462 e. The van der Waals surface area contributed by atoms with E-state index in [1.54, 1.807) is 0 Å². The van der Waals surface area contributed by atoms with E-state index in [9.17, 15) is 14.7 Å². The van der Waals surface area contributed by atoms with Gasteiger partial charge in [0.1, 0.15) is 6.61 Å². The van der Waals surface area contributed by atoms with Crippen LogP contribution in [0.4, 0.5) is 0 Å². The van der Waals surface area contributed by atoms with Crippen molar-refractivity contribution in [3.63, 3.8) is 0 Å². The lowest BCUT2D eigenvalue weighted by Gasteiger charge is -2.15. The summed E-state index contributed by atoms with van der Waals surface area (Å²) in [5.74, 6) is -0.630. The van der Waals surface area contributed by atoms with Gasteiger partial charge in [-0.05, 0) is 12.8 Å². The molecule has 5 nitrogen and oxygen atoms in total. The average Bonchev–Trinajstić information content (AvgIpc) is 2.55. The molecule has 5 heteroatoms. The van der Waals surface area contributed by atoms with Crippen molar-refractivity contribution in [1.29, 1.82) is 0 Å². The van der Waals surface area contributed by atoms with Gasteiger partial charge in [-0.3, -0.25) is 9.59 Å². The van der Waals surface area contributed by atoms with Gasteiger partial charge in [-0.1, -0.05) is 58.8 Å². The molecule has 23 heavy (non-hydrogen) atoms. The van der Waals surface area contributed by atoms with Crippen LogP contribution in [0.3, 0.4) is 0 Å². The molecule has 1 atom stereocenters. The number of carbonyl (C=O) groups is 2. The lowest BCUT2D eigenvalue weighted by atomic mass is 10.1. The van der Waals surface area contributed by atoms with E-state index < -0.39 is 6.10 Å². The third kappa shape index (κ3) is 14.2. The van der Waals surface area contributed by atoms with Crippen LogP contribution in [0.5, 0.6) is 0 Å². The van der Waals surface area contributed by atoms with Gasteiger partial charge in [-0.2, -0.15) is 0 Å². The van der Waals surface area contributed by atoms with E-state index in [4.69, 9.17) is 9.47 Å².